The summed E-state index contributed by atoms with van der Waals surface area (Å²) >= 11 is 3.30. The number of hydrogen-bond acceptors (Lipinski definition) is 2. The van der Waals surface area contributed by atoms with E-state index in [4.69, 9.17) is 4.74 Å². The normalized spacial score (nSPS) is 24.6. The van der Waals surface area contributed by atoms with E-state index in [-0.39, 0.29) is 24.8 Å². The monoisotopic (exact) mass is 327 g/mol. The maximum Gasteiger partial charge on any atom is 0.248 e. The summed E-state index contributed by atoms with van der Waals surface area (Å²) in [6.07, 6.45) is 1.24. The van der Waals surface area contributed by atoms with Crippen LogP contribution < -0.4 is 5.32 Å². The van der Waals surface area contributed by atoms with Crippen LogP contribution in [0.15, 0.2) is 0 Å². The number of carbonyl (C=O) groups is 1. The van der Waals surface area contributed by atoms with E-state index in [1.54, 1.807) is 7.11 Å². The molecule has 1 amide bonds. The number of halogens is 3. The van der Waals surface area contributed by atoms with Crippen LogP contribution in [-0.2, 0) is 9.53 Å². The Bertz CT molecular complexity index is 277. The van der Waals surface area contributed by atoms with Crippen LogP contribution in [0.3, 0.4) is 0 Å². The van der Waals surface area contributed by atoms with Crippen LogP contribution in [0.1, 0.15) is 32.1 Å². The molecule has 0 aromatic carbocycles. The van der Waals surface area contributed by atoms with Gasteiger partial charge in [-0.3, -0.25) is 4.79 Å². The molecular formula is C12H20BrF2NO2. The first-order chi connectivity index (χ1) is 8.48. The van der Waals surface area contributed by atoms with Crippen molar-refractivity contribution < 1.29 is 18.3 Å². The Hall–Kier alpha value is -0.230. The highest BCUT2D eigenvalue weighted by molar-refractivity contribution is 9.09. The minimum atomic E-state index is -2.68. The maximum absolute atomic E-state index is 13.2. The number of amides is 1. The quantitative estimate of drug-likeness (QED) is 0.762. The van der Waals surface area contributed by atoms with Crippen molar-refractivity contribution in [2.24, 2.45) is 5.92 Å². The van der Waals surface area contributed by atoms with Gasteiger partial charge in [0.25, 0.3) is 0 Å². The molecule has 0 aromatic heterocycles. The van der Waals surface area contributed by atoms with Gasteiger partial charge in [0.05, 0.1) is 0 Å². The summed E-state index contributed by atoms with van der Waals surface area (Å²) in [5.41, 5.74) is 0. The van der Waals surface area contributed by atoms with Gasteiger partial charge in [-0.15, -0.1) is 0 Å². The fourth-order valence-electron chi connectivity index (χ4n) is 2.16. The third-order valence-corrected chi connectivity index (χ3v) is 4.00. The largest absolute Gasteiger partial charge is 0.385 e. The average Bonchev–Trinajstić information content (AvgIpc) is 2.32. The van der Waals surface area contributed by atoms with Gasteiger partial charge in [-0.25, -0.2) is 8.78 Å². The van der Waals surface area contributed by atoms with Crippen molar-refractivity contribution in [1.29, 1.82) is 0 Å². The summed E-state index contributed by atoms with van der Waals surface area (Å²) in [7, 11) is 1.59. The van der Waals surface area contributed by atoms with Crippen LogP contribution in [-0.4, -0.2) is 36.9 Å². The van der Waals surface area contributed by atoms with Crippen LogP contribution in [0.2, 0.25) is 0 Å². The third kappa shape index (κ3) is 5.18. The highest BCUT2D eigenvalue weighted by Crippen LogP contribution is 2.36. The number of carbonyl (C=O) groups excluding carboxylic acids is 1. The molecule has 1 saturated carbocycles. The molecule has 0 aliphatic heterocycles. The minimum Gasteiger partial charge on any atom is -0.385 e. The van der Waals surface area contributed by atoms with Gasteiger partial charge in [-0.05, 0) is 19.3 Å². The molecule has 0 radical (unpaired) electrons. The van der Waals surface area contributed by atoms with Gasteiger partial charge in [-0.2, -0.15) is 0 Å². The summed E-state index contributed by atoms with van der Waals surface area (Å²) in [5.74, 6) is -3.50. The molecule has 1 rings (SSSR count). The van der Waals surface area contributed by atoms with E-state index in [1.165, 1.54) is 0 Å². The molecule has 1 aliphatic carbocycles. The predicted molar refractivity (Wildman–Crippen MR) is 69.1 cm³/mol. The first-order valence-corrected chi connectivity index (χ1v) is 7.34. The van der Waals surface area contributed by atoms with E-state index in [9.17, 15) is 13.6 Å². The van der Waals surface area contributed by atoms with Crippen LogP contribution in [0.25, 0.3) is 0 Å². The van der Waals surface area contributed by atoms with Crippen molar-refractivity contribution in [3.05, 3.63) is 0 Å². The lowest BCUT2D eigenvalue weighted by Crippen LogP contribution is -2.43. The smallest absolute Gasteiger partial charge is 0.248 e. The molecule has 0 spiro atoms. The minimum absolute atomic E-state index is 0.0620. The number of nitrogens with one attached hydrogen (secondary N) is 1. The molecule has 0 bridgehead atoms. The first-order valence-electron chi connectivity index (χ1n) is 6.21. The molecule has 2 unspecified atom stereocenters. The van der Waals surface area contributed by atoms with Crippen molar-refractivity contribution in [2.45, 2.75) is 44.1 Å². The van der Waals surface area contributed by atoms with Crippen molar-refractivity contribution in [1.82, 2.24) is 5.32 Å². The van der Waals surface area contributed by atoms with Crippen molar-refractivity contribution in [3.8, 4) is 0 Å². The Labute approximate surface area is 115 Å². The second-order valence-electron chi connectivity index (χ2n) is 4.79. The van der Waals surface area contributed by atoms with Gasteiger partial charge in [0.2, 0.25) is 11.8 Å². The summed E-state index contributed by atoms with van der Waals surface area (Å²) in [6, 6.07) is -0.0620. The Balaban J connectivity index is 2.43. The number of methoxy groups -OCH3 is 1. The molecule has 18 heavy (non-hydrogen) atoms. The molecule has 1 N–H and O–H groups in total. The zero-order valence-electron chi connectivity index (χ0n) is 10.6. The van der Waals surface area contributed by atoms with Gasteiger partial charge in [0, 0.05) is 43.8 Å². The van der Waals surface area contributed by atoms with E-state index in [1.807, 2.05) is 0 Å². The zero-order valence-corrected chi connectivity index (χ0v) is 12.1. The van der Waals surface area contributed by atoms with Gasteiger partial charge in [-0.1, -0.05) is 15.9 Å². The second-order valence-corrected chi connectivity index (χ2v) is 5.44. The highest BCUT2D eigenvalue weighted by Gasteiger charge is 2.39. The Morgan fingerprint density at radius 3 is 2.89 bits per heavy atom. The SMILES string of the molecule is COCCC(CBr)NC(=O)C1CCCC(F)(F)C1. The van der Waals surface area contributed by atoms with Crippen LogP contribution >= 0.6 is 15.9 Å². The topological polar surface area (TPSA) is 38.3 Å². The number of ether oxygens (including phenoxy) is 1. The van der Waals surface area contributed by atoms with Crippen molar-refractivity contribution in [3.63, 3.8) is 0 Å². The van der Waals surface area contributed by atoms with Gasteiger partial charge < -0.3 is 10.1 Å². The molecule has 0 saturated heterocycles. The average molecular weight is 328 g/mol. The second kappa shape index (κ2) is 7.38. The van der Waals surface area contributed by atoms with Crippen LogP contribution in [0, 0.1) is 5.92 Å². The molecule has 0 heterocycles. The Kier molecular flexibility index (Phi) is 6.49. The molecule has 6 heteroatoms. The van der Waals surface area contributed by atoms with Gasteiger partial charge in [0.15, 0.2) is 0 Å². The Morgan fingerprint density at radius 1 is 1.61 bits per heavy atom. The summed E-state index contributed by atoms with van der Waals surface area (Å²) in [4.78, 5) is 11.9. The molecular weight excluding hydrogens is 308 g/mol. The van der Waals surface area contributed by atoms with Crippen molar-refractivity contribution in [2.75, 3.05) is 19.0 Å². The molecule has 1 aliphatic rings. The fourth-order valence-corrected chi connectivity index (χ4v) is 2.65. The molecule has 106 valence electrons. The predicted octanol–water partition coefficient (Wildman–Crippen LogP) is 2.73. The number of rotatable bonds is 6. The Morgan fingerprint density at radius 2 is 2.33 bits per heavy atom. The summed E-state index contributed by atoms with van der Waals surface area (Å²) < 4.78 is 31.4. The lowest BCUT2D eigenvalue weighted by Gasteiger charge is -2.29. The standard InChI is InChI=1S/C12H20BrF2NO2/c1-18-6-4-10(8-13)16-11(17)9-3-2-5-12(14,15)7-9/h9-10H,2-8H2,1H3,(H,16,17). The molecule has 0 aromatic rings. The number of hydrogen-bond donors (Lipinski definition) is 1. The zero-order chi connectivity index (χ0) is 13.6. The molecule has 1 fully saturated rings. The van der Waals surface area contributed by atoms with E-state index >= 15 is 0 Å². The number of alkyl halides is 3. The van der Waals surface area contributed by atoms with Crippen molar-refractivity contribution >= 4 is 21.8 Å². The first kappa shape index (κ1) is 15.8. The third-order valence-electron chi connectivity index (χ3n) is 3.21. The lowest BCUT2D eigenvalue weighted by atomic mass is 9.86. The lowest BCUT2D eigenvalue weighted by molar-refractivity contribution is -0.132. The van der Waals surface area contributed by atoms with E-state index < -0.39 is 11.8 Å². The molecule has 3 nitrogen and oxygen atoms in total. The van der Waals surface area contributed by atoms with E-state index in [0.717, 1.165) is 0 Å². The highest BCUT2D eigenvalue weighted by atomic mass is 79.9. The van der Waals surface area contributed by atoms with Crippen LogP contribution in [0.5, 0.6) is 0 Å². The summed E-state index contributed by atoms with van der Waals surface area (Å²) in [6.45, 7) is 0.539. The summed E-state index contributed by atoms with van der Waals surface area (Å²) in [5, 5.41) is 3.41. The molecule has 2 atom stereocenters. The van der Waals surface area contributed by atoms with Gasteiger partial charge in [0.1, 0.15) is 0 Å². The van der Waals surface area contributed by atoms with Gasteiger partial charge >= 0.3 is 0 Å². The van der Waals surface area contributed by atoms with E-state index in [2.05, 4.69) is 21.2 Å². The van der Waals surface area contributed by atoms with E-state index in [0.29, 0.717) is 31.2 Å². The van der Waals surface area contributed by atoms with Crippen LogP contribution in [0.4, 0.5) is 8.78 Å². The maximum atomic E-state index is 13.2. The fraction of sp³-hybridized carbons (Fsp3) is 0.917.